The van der Waals surface area contributed by atoms with Gasteiger partial charge in [-0.2, -0.15) is 0 Å². The van der Waals surface area contributed by atoms with Gasteiger partial charge in [0.25, 0.3) is 5.91 Å². The Bertz CT molecular complexity index is 901. The highest BCUT2D eigenvalue weighted by molar-refractivity contribution is 7.92. The van der Waals surface area contributed by atoms with Gasteiger partial charge in [0.15, 0.2) is 0 Å². The molecule has 2 N–H and O–H groups in total. The third-order valence-corrected chi connectivity index (χ3v) is 4.42. The summed E-state index contributed by atoms with van der Waals surface area (Å²) >= 11 is 0. The molecule has 0 saturated carbocycles. The summed E-state index contributed by atoms with van der Waals surface area (Å²) in [5.74, 6) is -0.898. The smallest absolute Gasteiger partial charge is 0.251 e. The summed E-state index contributed by atoms with van der Waals surface area (Å²) in [5, 5.41) is 2.66. The van der Waals surface area contributed by atoms with Crippen LogP contribution in [-0.2, 0) is 22.0 Å². The van der Waals surface area contributed by atoms with Crippen molar-refractivity contribution in [1.82, 2.24) is 5.32 Å². The molecule has 0 unspecified atom stereocenters. The first kappa shape index (κ1) is 19.9. The molecule has 0 aliphatic rings. The monoisotopic (exact) mass is 378 g/mol. The van der Waals surface area contributed by atoms with Crippen molar-refractivity contribution in [3.05, 3.63) is 65.0 Å². The molecule has 0 bridgehead atoms. The Balaban J connectivity index is 2.03. The second-order valence-corrected chi connectivity index (χ2v) is 8.94. The lowest BCUT2D eigenvalue weighted by Gasteiger charge is -2.19. The van der Waals surface area contributed by atoms with Crippen molar-refractivity contribution in [1.29, 1.82) is 0 Å². The largest absolute Gasteiger partial charge is 0.348 e. The van der Waals surface area contributed by atoms with Crippen LogP contribution in [0.4, 0.5) is 10.1 Å². The topological polar surface area (TPSA) is 75.3 Å². The summed E-state index contributed by atoms with van der Waals surface area (Å²) in [7, 11) is -3.47. The van der Waals surface area contributed by atoms with Crippen molar-refractivity contribution >= 4 is 21.6 Å². The number of anilines is 1. The Morgan fingerprint density at radius 3 is 2.19 bits per heavy atom. The predicted octanol–water partition coefficient (Wildman–Crippen LogP) is 3.42. The predicted molar refractivity (Wildman–Crippen MR) is 101 cm³/mol. The van der Waals surface area contributed by atoms with Gasteiger partial charge in [-0.3, -0.25) is 9.52 Å². The van der Waals surface area contributed by atoms with Crippen LogP contribution in [0.5, 0.6) is 0 Å². The molecule has 2 rings (SSSR count). The normalized spacial score (nSPS) is 11.9. The van der Waals surface area contributed by atoms with Crippen molar-refractivity contribution in [3.8, 4) is 0 Å². The molecule has 0 spiro atoms. The van der Waals surface area contributed by atoms with Crippen molar-refractivity contribution < 1.29 is 17.6 Å². The summed E-state index contributed by atoms with van der Waals surface area (Å²) in [4.78, 5) is 12.2. The van der Waals surface area contributed by atoms with E-state index in [0.29, 0.717) is 5.56 Å². The zero-order valence-corrected chi connectivity index (χ0v) is 16.1. The molecule has 1 amide bonds. The molecule has 0 aromatic heterocycles. The van der Waals surface area contributed by atoms with Gasteiger partial charge in [0.05, 0.1) is 11.9 Å². The Kier molecular flexibility index (Phi) is 5.71. The van der Waals surface area contributed by atoms with Crippen LogP contribution in [0.25, 0.3) is 0 Å². The van der Waals surface area contributed by atoms with Gasteiger partial charge in [-0.15, -0.1) is 0 Å². The van der Waals surface area contributed by atoms with Crippen LogP contribution in [0.3, 0.4) is 0 Å². The molecule has 0 fully saturated rings. The van der Waals surface area contributed by atoms with Crippen LogP contribution >= 0.6 is 0 Å². The standard InChI is InChI=1S/C19H23FN2O3S/c1-19(2,3)15-8-5-13(6-9-15)18(23)21-12-14-7-10-16(11-17(14)20)22-26(4,24)25/h5-11,22H,12H2,1-4H3,(H,21,23). The maximum Gasteiger partial charge on any atom is 0.251 e. The van der Waals surface area contributed by atoms with Gasteiger partial charge in [0.2, 0.25) is 10.0 Å². The number of halogens is 1. The highest BCUT2D eigenvalue weighted by atomic mass is 32.2. The van der Waals surface area contributed by atoms with Gasteiger partial charge in [-0.25, -0.2) is 12.8 Å². The van der Waals surface area contributed by atoms with E-state index < -0.39 is 15.8 Å². The second-order valence-electron chi connectivity index (χ2n) is 7.19. The van der Waals surface area contributed by atoms with Gasteiger partial charge in [0.1, 0.15) is 5.82 Å². The van der Waals surface area contributed by atoms with E-state index in [2.05, 4.69) is 30.8 Å². The summed E-state index contributed by atoms with van der Waals surface area (Å²) in [6.07, 6.45) is 0.990. The first-order chi connectivity index (χ1) is 12.0. The van der Waals surface area contributed by atoms with E-state index in [1.165, 1.54) is 12.1 Å². The van der Waals surface area contributed by atoms with E-state index in [9.17, 15) is 17.6 Å². The number of sulfonamides is 1. The highest BCUT2D eigenvalue weighted by Crippen LogP contribution is 2.22. The molecule has 0 saturated heterocycles. The fraction of sp³-hybridized carbons (Fsp3) is 0.316. The number of rotatable bonds is 5. The molecule has 0 heterocycles. The average Bonchev–Trinajstić information content (AvgIpc) is 2.51. The van der Waals surface area contributed by atoms with Crippen molar-refractivity contribution in [2.45, 2.75) is 32.7 Å². The van der Waals surface area contributed by atoms with Gasteiger partial charge in [-0.05, 0) is 35.2 Å². The van der Waals surface area contributed by atoms with E-state index in [1.54, 1.807) is 12.1 Å². The van der Waals surface area contributed by atoms with Crippen LogP contribution < -0.4 is 10.0 Å². The van der Waals surface area contributed by atoms with Crippen LogP contribution in [0, 0.1) is 5.82 Å². The average molecular weight is 378 g/mol. The molecule has 7 heteroatoms. The Morgan fingerprint density at radius 2 is 1.69 bits per heavy atom. The molecule has 2 aromatic carbocycles. The summed E-state index contributed by atoms with van der Waals surface area (Å²) in [6.45, 7) is 6.28. The quantitative estimate of drug-likeness (QED) is 0.837. The molecule has 0 aliphatic carbocycles. The number of amides is 1. The number of hydrogen-bond donors (Lipinski definition) is 2. The van der Waals surface area contributed by atoms with E-state index >= 15 is 0 Å². The fourth-order valence-corrected chi connectivity index (χ4v) is 2.92. The molecule has 0 radical (unpaired) electrons. The highest BCUT2D eigenvalue weighted by Gasteiger charge is 2.14. The lowest BCUT2D eigenvalue weighted by molar-refractivity contribution is 0.0950. The van der Waals surface area contributed by atoms with Gasteiger partial charge >= 0.3 is 0 Å². The minimum atomic E-state index is -3.47. The van der Waals surface area contributed by atoms with Crippen LogP contribution in [0.1, 0.15) is 42.3 Å². The fourth-order valence-electron chi connectivity index (χ4n) is 2.37. The Hall–Kier alpha value is -2.41. The SMILES string of the molecule is CC(C)(C)c1ccc(C(=O)NCc2ccc(NS(C)(=O)=O)cc2F)cc1. The maximum atomic E-state index is 14.1. The maximum absolute atomic E-state index is 14.1. The van der Waals surface area contributed by atoms with Crippen molar-refractivity contribution in [2.24, 2.45) is 0 Å². The summed E-state index contributed by atoms with van der Waals surface area (Å²) in [5.41, 5.74) is 2.02. The van der Waals surface area contributed by atoms with E-state index in [4.69, 9.17) is 0 Å². The number of carbonyl (C=O) groups is 1. The van der Waals surface area contributed by atoms with Crippen LogP contribution in [-0.4, -0.2) is 20.6 Å². The third-order valence-electron chi connectivity index (χ3n) is 3.81. The second kappa shape index (κ2) is 7.45. The summed E-state index contributed by atoms with van der Waals surface area (Å²) in [6, 6.07) is 11.3. The minimum Gasteiger partial charge on any atom is -0.348 e. The zero-order valence-electron chi connectivity index (χ0n) is 15.3. The minimum absolute atomic E-state index is 0.000114. The molecule has 26 heavy (non-hydrogen) atoms. The molecule has 0 atom stereocenters. The molecular weight excluding hydrogens is 355 g/mol. The van der Waals surface area contributed by atoms with E-state index in [1.807, 2.05) is 12.1 Å². The summed E-state index contributed by atoms with van der Waals surface area (Å²) < 4.78 is 38.6. The number of nitrogens with one attached hydrogen (secondary N) is 2. The van der Waals surface area contributed by atoms with Crippen LogP contribution in [0.15, 0.2) is 42.5 Å². The third kappa shape index (κ3) is 5.56. The molecule has 140 valence electrons. The van der Waals surface area contributed by atoms with Gasteiger partial charge in [-0.1, -0.05) is 39.0 Å². The van der Waals surface area contributed by atoms with E-state index in [-0.39, 0.29) is 29.1 Å². The number of benzene rings is 2. The lowest BCUT2D eigenvalue weighted by Crippen LogP contribution is -2.23. The lowest BCUT2D eigenvalue weighted by atomic mass is 9.87. The van der Waals surface area contributed by atoms with Gasteiger partial charge in [0, 0.05) is 17.7 Å². The zero-order chi connectivity index (χ0) is 19.5. The molecular formula is C19H23FN2O3S. The molecule has 2 aromatic rings. The number of carbonyl (C=O) groups excluding carboxylic acids is 1. The van der Waals surface area contributed by atoms with Crippen LogP contribution in [0.2, 0.25) is 0 Å². The van der Waals surface area contributed by atoms with E-state index in [0.717, 1.165) is 17.9 Å². The number of hydrogen-bond acceptors (Lipinski definition) is 3. The first-order valence-electron chi connectivity index (χ1n) is 8.11. The van der Waals surface area contributed by atoms with Gasteiger partial charge < -0.3 is 5.32 Å². The van der Waals surface area contributed by atoms with Crippen molar-refractivity contribution in [2.75, 3.05) is 11.0 Å². The molecule has 5 nitrogen and oxygen atoms in total. The van der Waals surface area contributed by atoms with Crippen molar-refractivity contribution in [3.63, 3.8) is 0 Å². The first-order valence-corrected chi connectivity index (χ1v) is 10.00. The Labute approximate surface area is 153 Å². The molecule has 0 aliphatic heterocycles. The Morgan fingerprint density at radius 1 is 1.08 bits per heavy atom.